The highest BCUT2D eigenvalue weighted by Crippen LogP contribution is 2.20. The van der Waals surface area contributed by atoms with Crippen molar-refractivity contribution in [3.63, 3.8) is 0 Å². The molecule has 0 aliphatic carbocycles. The minimum Gasteiger partial charge on any atom is -0.366 e. The summed E-state index contributed by atoms with van der Waals surface area (Å²) in [5.41, 5.74) is 1.35. The lowest BCUT2D eigenvalue weighted by Gasteiger charge is -2.26. The quantitative estimate of drug-likeness (QED) is 0.836. The zero-order chi connectivity index (χ0) is 17.6. The summed E-state index contributed by atoms with van der Waals surface area (Å²) >= 11 is 0. The van der Waals surface area contributed by atoms with Crippen LogP contribution in [-0.4, -0.2) is 31.7 Å². The van der Waals surface area contributed by atoms with E-state index in [1.165, 1.54) is 24.3 Å². The van der Waals surface area contributed by atoms with E-state index < -0.39 is 12.1 Å². The molecule has 1 fully saturated rings. The van der Waals surface area contributed by atoms with Gasteiger partial charge in [-0.1, -0.05) is 24.3 Å². The maximum atomic E-state index is 13.6. The lowest BCUT2D eigenvalue weighted by Crippen LogP contribution is -2.48. The molecule has 2 aromatic rings. The number of hydrogen-bond donors (Lipinski definition) is 2. The molecule has 2 unspecified atom stereocenters. The smallest absolute Gasteiger partial charge is 0.250 e. The van der Waals surface area contributed by atoms with Crippen molar-refractivity contribution in [1.29, 1.82) is 0 Å². The average molecular weight is 383 g/mol. The van der Waals surface area contributed by atoms with Crippen LogP contribution in [0.15, 0.2) is 48.5 Å². The van der Waals surface area contributed by atoms with Crippen LogP contribution in [0.2, 0.25) is 0 Å². The molecule has 0 saturated carbocycles. The molecule has 2 atom stereocenters. The van der Waals surface area contributed by atoms with Crippen LogP contribution in [0.3, 0.4) is 0 Å². The van der Waals surface area contributed by atoms with E-state index in [-0.39, 0.29) is 29.9 Å². The molecule has 4 nitrogen and oxygen atoms in total. The number of carbonyl (C=O) groups is 1. The van der Waals surface area contributed by atoms with Gasteiger partial charge in [0.25, 0.3) is 5.91 Å². The maximum absolute atomic E-state index is 13.6. The normalized spacial score (nSPS) is 17.8. The van der Waals surface area contributed by atoms with E-state index in [0.29, 0.717) is 31.7 Å². The molecule has 2 aromatic carbocycles. The predicted molar refractivity (Wildman–Crippen MR) is 97.2 cm³/mol. The van der Waals surface area contributed by atoms with Crippen LogP contribution in [0, 0.1) is 11.6 Å². The number of ether oxygens (including phenoxy) is 1. The van der Waals surface area contributed by atoms with Crippen molar-refractivity contribution in [2.24, 2.45) is 0 Å². The Hall–Kier alpha value is -2.02. The third-order valence-electron chi connectivity index (χ3n) is 4.12. The van der Waals surface area contributed by atoms with Crippen LogP contribution >= 0.6 is 12.4 Å². The molecule has 7 heteroatoms. The van der Waals surface area contributed by atoms with Gasteiger partial charge in [-0.05, 0) is 41.8 Å². The van der Waals surface area contributed by atoms with Gasteiger partial charge in [0, 0.05) is 13.1 Å². The summed E-state index contributed by atoms with van der Waals surface area (Å²) in [4.78, 5) is 12.5. The van der Waals surface area contributed by atoms with Gasteiger partial charge in [0.15, 0.2) is 0 Å². The first-order chi connectivity index (χ1) is 12.1. The molecule has 2 N–H and O–H groups in total. The van der Waals surface area contributed by atoms with Crippen LogP contribution < -0.4 is 10.6 Å². The first kappa shape index (κ1) is 20.3. The second kappa shape index (κ2) is 9.62. The number of morpholine rings is 1. The topological polar surface area (TPSA) is 50.4 Å². The molecule has 140 valence electrons. The molecule has 3 rings (SSSR count). The van der Waals surface area contributed by atoms with Gasteiger partial charge in [0.2, 0.25) is 0 Å². The Bertz CT molecular complexity index is 739. The highest BCUT2D eigenvalue weighted by molar-refractivity contribution is 5.85. The molecule has 0 bridgehead atoms. The van der Waals surface area contributed by atoms with Gasteiger partial charge in [-0.25, -0.2) is 8.78 Å². The largest absolute Gasteiger partial charge is 0.366 e. The van der Waals surface area contributed by atoms with Crippen LogP contribution in [0.4, 0.5) is 8.78 Å². The van der Waals surface area contributed by atoms with Gasteiger partial charge in [-0.2, -0.15) is 0 Å². The Balaban J connectivity index is 0.00000243. The second-order valence-corrected chi connectivity index (χ2v) is 6.01. The van der Waals surface area contributed by atoms with Crippen LogP contribution in [0.25, 0.3) is 0 Å². The van der Waals surface area contributed by atoms with Gasteiger partial charge < -0.3 is 15.4 Å². The fourth-order valence-corrected chi connectivity index (χ4v) is 2.87. The lowest BCUT2D eigenvalue weighted by atomic mass is 9.98. The highest BCUT2D eigenvalue weighted by Gasteiger charge is 2.25. The van der Waals surface area contributed by atoms with Crippen molar-refractivity contribution in [1.82, 2.24) is 10.6 Å². The Labute approximate surface area is 157 Å². The van der Waals surface area contributed by atoms with Crippen molar-refractivity contribution >= 4 is 18.3 Å². The zero-order valence-electron chi connectivity index (χ0n) is 14.1. The number of amides is 1. The SMILES string of the molecule is Cl.O=C(NC(Cc1cccc(F)c1)c1cccc(F)c1)C1CNCCO1. The Morgan fingerprint density at radius 3 is 2.58 bits per heavy atom. The van der Waals surface area contributed by atoms with Gasteiger partial charge in [0.1, 0.15) is 17.7 Å². The highest BCUT2D eigenvalue weighted by atomic mass is 35.5. The summed E-state index contributed by atoms with van der Waals surface area (Å²) in [5.74, 6) is -0.994. The van der Waals surface area contributed by atoms with E-state index in [1.54, 1.807) is 24.3 Å². The van der Waals surface area contributed by atoms with Crippen molar-refractivity contribution in [2.45, 2.75) is 18.6 Å². The van der Waals surface area contributed by atoms with E-state index in [4.69, 9.17) is 4.74 Å². The molecule has 26 heavy (non-hydrogen) atoms. The van der Waals surface area contributed by atoms with E-state index >= 15 is 0 Å². The van der Waals surface area contributed by atoms with Crippen molar-refractivity contribution < 1.29 is 18.3 Å². The van der Waals surface area contributed by atoms with Crippen LogP contribution in [0.1, 0.15) is 17.2 Å². The summed E-state index contributed by atoms with van der Waals surface area (Å²) < 4.78 is 32.5. The number of rotatable bonds is 5. The predicted octanol–water partition coefficient (Wildman–Crippen LogP) is 2.78. The third kappa shape index (κ3) is 5.49. The molecule has 1 heterocycles. The van der Waals surface area contributed by atoms with Gasteiger partial charge in [-0.3, -0.25) is 4.79 Å². The molecule has 0 radical (unpaired) electrons. The van der Waals surface area contributed by atoms with Crippen LogP contribution in [0.5, 0.6) is 0 Å². The summed E-state index contributed by atoms with van der Waals surface area (Å²) in [7, 11) is 0. The van der Waals surface area contributed by atoms with Crippen molar-refractivity contribution in [2.75, 3.05) is 19.7 Å². The van der Waals surface area contributed by atoms with Crippen LogP contribution in [-0.2, 0) is 16.0 Å². The molecular formula is C19H21ClF2N2O2. The summed E-state index contributed by atoms with van der Waals surface area (Å²) in [6.07, 6.45) is -0.232. The number of hydrogen-bond acceptors (Lipinski definition) is 3. The molecule has 1 aliphatic rings. The molecule has 1 aliphatic heterocycles. The van der Waals surface area contributed by atoms with E-state index in [9.17, 15) is 13.6 Å². The second-order valence-electron chi connectivity index (χ2n) is 6.01. The minimum absolute atomic E-state index is 0. The van der Waals surface area contributed by atoms with E-state index in [2.05, 4.69) is 10.6 Å². The minimum atomic E-state index is -0.586. The Morgan fingerprint density at radius 2 is 1.92 bits per heavy atom. The fourth-order valence-electron chi connectivity index (χ4n) is 2.87. The molecule has 0 aromatic heterocycles. The summed E-state index contributed by atoms with van der Waals surface area (Å²) in [6, 6.07) is 11.8. The molecular weight excluding hydrogens is 362 g/mol. The van der Waals surface area contributed by atoms with Gasteiger partial charge in [-0.15, -0.1) is 12.4 Å². The fraction of sp³-hybridized carbons (Fsp3) is 0.316. The number of halogens is 3. The standard InChI is InChI=1S/C19H20F2N2O2.ClH/c20-15-5-1-3-13(9-15)10-17(14-4-2-6-16(21)11-14)23-19(24)18-12-22-7-8-25-18;/h1-6,9,11,17-18,22H,7-8,10,12H2,(H,23,24);1H. The Kier molecular flexibility index (Phi) is 7.50. The van der Waals surface area contributed by atoms with E-state index in [0.717, 1.165) is 5.56 Å². The average Bonchev–Trinajstić information content (AvgIpc) is 2.62. The number of nitrogens with one attached hydrogen (secondary N) is 2. The maximum Gasteiger partial charge on any atom is 0.250 e. The number of carbonyl (C=O) groups excluding carboxylic acids is 1. The summed E-state index contributed by atoms with van der Waals surface area (Å²) in [6.45, 7) is 1.61. The summed E-state index contributed by atoms with van der Waals surface area (Å²) in [5, 5.41) is 6.00. The monoisotopic (exact) mass is 382 g/mol. The van der Waals surface area contributed by atoms with Gasteiger partial charge in [0.05, 0.1) is 12.6 Å². The first-order valence-corrected chi connectivity index (χ1v) is 8.24. The number of benzene rings is 2. The van der Waals surface area contributed by atoms with Crippen molar-refractivity contribution in [3.05, 3.63) is 71.3 Å². The van der Waals surface area contributed by atoms with E-state index in [1.807, 2.05) is 0 Å². The van der Waals surface area contributed by atoms with Crippen molar-refractivity contribution in [3.8, 4) is 0 Å². The molecule has 1 amide bonds. The molecule has 0 spiro atoms. The first-order valence-electron chi connectivity index (χ1n) is 8.24. The zero-order valence-corrected chi connectivity index (χ0v) is 14.9. The third-order valence-corrected chi connectivity index (χ3v) is 4.12. The Morgan fingerprint density at radius 1 is 1.19 bits per heavy atom. The van der Waals surface area contributed by atoms with Gasteiger partial charge >= 0.3 is 0 Å². The molecule has 1 saturated heterocycles. The lowest BCUT2D eigenvalue weighted by molar-refractivity contribution is -0.135.